The molecule has 0 unspecified atom stereocenters. The molecule has 1 aliphatic heterocycles. The highest BCUT2D eigenvalue weighted by molar-refractivity contribution is 5.11. The molecule has 0 spiro atoms. The minimum absolute atomic E-state index is 0.304. The van der Waals surface area contributed by atoms with Gasteiger partial charge >= 0.3 is 0 Å². The smallest absolute Gasteiger partial charge is 0.0900 e. The van der Waals surface area contributed by atoms with Crippen LogP contribution in [-0.4, -0.2) is 48.5 Å². The van der Waals surface area contributed by atoms with Gasteiger partial charge in [0.05, 0.1) is 18.8 Å². The molecule has 3 nitrogen and oxygen atoms in total. The molecule has 0 aromatic rings. The normalized spacial score (nSPS) is 40.2. The molecule has 0 aromatic carbocycles. The van der Waals surface area contributed by atoms with Gasteiger partial charge in [-0.2, -0.15) is 0 Å². The Labute approximate surface area is 136 Å². The van der Waals surface area contributed by atoms with E-state index in [2.05, 4.69) is 32.6 Å². The summed E-state index contributed by atoms with van der Waals surface area (Å²) < 4.78 is 6.22. The maximum Gasteiger partial charge on any atom is 0.0900 e. The summed E-state index contributed by atoms with van der Waals surface area (Å²) in [4.78, 5) is 2.40. The second kappa shape index (κ2) is 6.07. The molecule has 0 aromatic heterocycles. The average Bonchev–Trinajstić information content (AvgIpc) is 2.80. The minimum Gasteiger partial charge on any atom is -0.389 e. The molecule has 0 amide bonds. The van der Waals surface area contributed by atoms with Crippen molar-refractivity contribution < 1.29 is 9.84 Å². The lowest BCUT2D eigenvalue weighted by atomic mass is 9.70. The molecule has 4 atom stereocenters. The van der Waals surface area contributed by atoms with Crippen LogP contribution < -0.4 is 0 Å². The highest BCUT2D eigenvalue weighted by atomic mass is 16.5. The summed E-state index contributed by atoms with van der Waals surface area (Å²) in [7, 11) is 0. The molecule has 2 saturated carbocycles. The summed E-state index contributed by atoms with van der Waals surface area (Å²) in [6.45, 7) is 13.1. The zero-order valence-electron chi connectivity index (χ0n) is 15.0. The van der Waals surface area contributed by atoms with Crippen LogP contribution in [-0.2, 0) is 4.74 Å². The molecule has 3 fully saturated rings. The van der Waals surface area contributed by atoms with Gasteiger partial charge in [0, 0.05) is 6.54 Å². The Kier molecular flexibility index (Phi) is 4.61. The first-order valence-corrected chi connectivity index (χ1v) is 9.35. The topological polar surface area (TPSA) is 32.7 Å². The van der Waals surface area contributed by atoms with Crippen LogP contribution in [0.25, 0.3) is 0 Å². The summed E-state index contributed by atoms with van der Waals surface area (Å²) >= 11 is 0. The van der Waals surface area contributed by atoms with Crippen molar-refractivity contribution in [2.45, 2.75) is 72.0 Å². The van der Waals surface area contributed by atoms with E-state index in [1.54, 1.807) is 0 Å². The number of aliphatic hydroxyl groups excluding tert-OH is 1. The number of aliphatic hydroxyl groups is 1. The average molecular weight is 309 g/mol. The monoisotopic (exact) mass is 309 g/mol. The van der Waals surface area contributed by atoms with Crippen LogP contribution in [0.5, 0.6) is 0 Å². The first-order chi connectivity index (χ1) is 10.3. The number of nitrogens with zero attached hydrogens (tertiary/aromatic N) is 1. The van der Waals surface area contributed by atoms with Crippen LogP contribution in [0.3, 0.4) is 0 Å². The van der Waals surface area contributed by atoms with E-state index in [0.717, 1.165) is 31.5 Å². The lowest BCUT2D eigenvalue weighted by molar-refractivity contribution is -0.0802. The molecule has 22 heavy (non-hydrogen) atoms. The van der Waals surface area contributed by atoms with E-state index in [0.29, 0.717) is 23.5 Å². The van der Waals surface area contributed by atoms with Crippen LogP contribution in [0.1, 0.15) is 59.8 Å². The Balaban J connectivity index is 1.45. The van der Waals surface area contributed by atoms with Crippen LogP contribution in [0.15, 0.2) is 0 Å². The number of piperidine rings is 1. The zero-order valence-corrected chi connectivity index (χ0v) is 15.0. The second-order valence-electron chi connectivity index (χ2n) is 9.07. The Bertz CT molecular complexity index is 389. The number of rotatable bonds is 5. The predicted octanol–water partition coefficient (Wildman–Crippen LogP) is 3.31. The zero-order chi connectivity index (χ0) is 16.0. The fourth-order valence-electron chi connectivity index (χ4n) is 5.20. The van der Waals surface area contributed by atoms with Gasteiger partial charge in [0.15, 0.2) is 0 Å². The molecule has 3 aliphatic rings. The predicted molar refractivity (Wildman–Crippen MR) is 89.8 cm³/mol. The minimum atomic E-state index is -0.334. The molecule has 128 valence electrons. The molecule has 1 saturated heterocycles. The third kappa shape index (κ3) is 2.85. The third-order valence-corrected chi connectivity index (χ3v) is 7.55. The Hall–Kier alpha value is -0.120. The fourth-order valence-corrected chi connectivity index (χ4v) is 5.20. The van der Waals surface area contributed by atoms with Crippen molar-refractivity contribution >= 4 is 0 Å². The molecule has 3 heteroatoms. The van der Waals surface area contributed by atoms with Gasteiger partial charge in [-0.05, 0) is 67.9 Å². The van der Waals surface area contributed by atoms with E-state index in [4.69, 9.17) is 4.74 Å². The van der Waals surface area contributed by atoms with Gasteiger partial charge in [-0.25, -0.2) is 0 Å². The van der Waals surface area contributed by atoms with E-state index < -0.39 is 0 Å². The third-order valence-electron chi connectivity index (χ3n) is 7.55. The standard InChI is InChI=1S/C19H35NO2/c1-14-6-9-20(10-7-14)12-16(21)13-22-17-11-15-5-8-19(17,4)18(15,2)3/h14-17,21H,5-13H2,1-4H3/t15-,16-,17-,19-/m1/s1. The van der Waals surface area contributed by atoms with Crippen molar-refractivity contribution in [3.63, 3.8) is 0 Å². The summed E-state index contributed by atoms with van der Waals surface area (Å²) in [5.74, 6) is 1.66. The molecule has 2 bridgehead atoms. The van der Waals surface area contributed by atoms with Gasteiger partial charge in [0.2, 0.25) is 0 Å². The SMILES string of the molecule is CC1CCN(C[C@@H](O)CO[C@@H]2C[C@H]3CC[C@@]2(C)C3(C)C)CC1. The summed E-state index contributed by atoms with van der Waals surface area (Å²) in [5.41, 5.74) is 0.698. The molecule has 2 aliphatic carbocycles. The van der Waals surface area contributed by atoms with Crippen LogP contribution >= 0.6 is 0 Å². The van der Waals surface area contributed by atoms with Gasteiger partial charge in [0.1, 0.15) is 0 Å². The summed E-state index contributed by atoms with van der Waals surface area (Å²) in [6.07, 6.45) is 6.38. The van der Waals surface area contributed by atoms with Crippen LogP contribution in [0.4, 0.5) is 0 Å². The van der Waals surface area contributed by atoms with Gasteiger partial charge in [-0.15, -0.1) is 0 Å². The highest BCUT2D eigenvalue weighted by Gasteiger charge is 2.61. The van der Waals surface area contributed by atoms with Crippen molar-refractivity contribution in [3.8, 4) is 0 Å². The Morgan fingerprint density at radius 3 is 2.41 bits per heavy atom. The van der Waals surface area contributed by atoms with Gasteiger partial charge in [-0.1, -0.05) is 27.7 Å². The van der Waals surface area contributed by atoms with Gasteiger partial charge < -0.3 is 14.7 Å². The number of ether oxygens (including phenoxy) is 1. The van der Waals surface area contributed by atoms with Crippen LogP contribution in [0, 0.1) is 22.7 Å². The first kappa shape index (κ1) is 16.7. The quantitative estimate of drug-likeness (QED) is 0.846. The lowest BCUT2D eigenvalue weighted by Gasteiger charge is -2.39. The van der Waals surface area contributed by atoms with Gasteiger partial charge in [-0.3, -0.25) is 0 Å². The molecular formula is C19H35NO2. The van der Waals surface area contributed by atoms with E-state index in [-0.39, 0.29) is 6.10 Å². The largest absolute Gasteiger partial charge is 0.389 e. The lowest BCUT2D eigenvalue weighted by Crippen LogP contribution is -2.42. The number of hydrogen-bond donors (Lipinski definition) is 1. The molecule has 1 N–H and O–H groups in total. The van der Waals surface area contributed by atoms with Gasteiger partial charge in [0.25, 0.3) is 0 Å². The number of β-amino-alcohol motifs (C(OH)–C–C–N with tert-alkyl or cyclic N) is 1. The number of fused-ring (bicyclic) bond motifs is 2. The van der Waals surface area contributed by atoms with Crippen molar-refractivity contribution in [1.29, 1.82) is 0 Å². The summed E-state index contributed by atoms with van der Waals surface area (Å²) in [5, 5.41) is 10.3. The fraction of sp³-hybridized carbons (Fsp3) is 1.00. The van der Waals surface area contributed by atoms with Crippen LogP contribution in [0.2, 0.25) is 0 Å². The Morgan fingerprint density at radius 1 is 1.18 bits per heavy atom. The second-order valence-corrected chi connectivity index (χ2v) is 9.07. The highest BCUT2D eigenvalue weighted by Crippen LogP contribution is 2.66. The van der Waals surface area contributed by atoms with E-state index in [9.17, 15) is 5.11 Å². The molecule has 3 rings (SSSR count). The number of likely N-dealkylation sites (tertiary alicyclic amines) is 1. The summed E-state index contributed by atoms with van der Waals surface area (Å²) in [6, 6.07) is 0. The molecular weight excluding hydrogens is 274 g/mol. The number of hydrogen-bond acceptors (Lipinski definition) is 3. The Morgan fingerprint density at radius 2 is 1.86 bits per heavy atom. The molecule has 1 heterocycles. The maximum atomic E-state index is 10.3. The van der Waals surface area contributed by atoms with Crippen molar-refractivity contribution in [1.82, 2.24) is 4.90 Å². The van der Waals surface area contributed by atoms with E-state index in [1.165, 1.54) is 32.1 Å². The maximum absolute atomic E-state index is 10.3. The van der Waals surface area contributed by atoms with E-state index >= 15 is 0 Å². The first-order valence-electron chi connectivity index (χ1n) is 9.35. The van der Waals surface area contributed by atoms with Crippen molar-refractivity contribution in [2.75, 3.05) is 26.2 Å². The van der Waals surface area contributed by atoms with E-state index in [1.807, 2.05) is 0 Å². The van der Waals surface area contributed by atoms with Crippen molar-refractivity contribution in [2.24, 2.45) is 22.7 Å². The van der Waals surface area contributed by atoms with Crippen molar-refractivity contribution in [3.05, 3.63) is 0 Å². The molecule has 0 radical (unpaired) electrons.